The van der Waals surface area contributed by atoms with Gasteiger partial charge in [0.05, 0.1) is 37.0 Å². The summed E-state index contributed by atoms with van der Waals surface area (Å²) in [5.41, 5.74) is 2.74. The lowest BCUT2D eigenvalue weighted by Gasteiger charge is -2.26. The normalized spacial score (nSPS) is 13.2. The molecule has 6 rings (SSSR count). The second-order valence-electron chi connectivity index (χ2n) is 10.3. The largest absolute Gasteiger partial charge is 0.496 e. The molecule has 1 aliphatic rings. The van der Waals surface area contributed by atoms with E-state index in [1.54, 1.807) is 42.9 Å². The van der Waals surface area contributed by atoms with Crippen LogP contribution in [-0.4, -0.2) is 59.9 Å². The minimum atomic E-state index is -0.607. The van der Waals surface area contributed by atoms with Crippen molar-refractivity contribution < 1.29 is 28.2 Å². The smallest absolute Gasteiger partial charge is 0.225 e. The molecule has 1 saturated heterocycles. The Morgan fingerprint density at radius 1 is 0.932 bits per heavy atom. The Balaban J connectivity index is 1.11. The molecule has 3 aromatic heterocycles. The molecule has 5 aromatic rings. The van der Waals surface area contributed by atoms with Crippen molar-refractivity contribution in [2.24, 2.45) is 0 Å². The Kier molecular flexibility index (Phi) is 8.85. The van der Waals surface area contributed by atoms with Crippen LogP contribution in [0.5, 0.6) is 17.2 Å². The molecule has 9 nitrogen and oxygen atoms in total. The number of nitrogens with zero attached hydrogens (tertiary/aromatic N) is 4. The van der Waals surface area contributed by atoms with E-state index in [1.165, 1.54) is 30.6 Å². The number of hydrogen-bond acceptors (Lipinski definition) is 10. The van der Waals surface area contributed by atoms with Crippen LogP contribution in [-0.2, 0) is 27.2 Å². The number of carbonyl (C=O) groups excluding carboxylic acids is 2. The second-order valence-corrected chi connectivity index (χ2v) is 11.3. The van der Waals surface area contributed by atoms with Crippen molar-refractivity contribution >= 4 is 39.1 Å². The van der Waals surface area contributed by atoms with Crippen LogP contribution in [0, 0.1) is 5.82 Å². The van der Waals surface area contributed by atoms with E-state index in [9.17, 15) is 9.59 Å². The van der Waals surface area contributed by atoms with Gasteiger partial charge in [-0.1, -0.05) is 24.3 Å². The molecule has 0 amide bonds. The fourth-order valence-corrected chi connectivity index (χ4v) is 6.04. The summed E-state index contributed by atoms with van der Waals surface area (Å²) in [7, 11) is 1.54. The highest BCUT2D eigenvalue weighted by molar-refractivity contribution is 7.22. The van der Waals surface area contributed by atoms with Gasteiger partial charge in [-0.15, -0.1) is 11.3 Å². The molecule has 0 spiro atoms. The van der Waals surface area contributed by atoms with Crippen LogP contribution in [0.3, 0.4) is 0 Å². The summed E-state index contributed by atoms with van der Waals surface area (Å²) in [4.78, 5) is 41.6. The molecule has 11 heteroatoms. The van der Waals surface area contributed by atoms with E-state index in [4.69, 9.17) is 14.2 Å². The van der Waals surface area contributed by atoms with E-state index in [0.29, 0.717) is 41.7 Å². The molecule has 224 valence electrons. The Labute approximate surface area is 257 Å². The van der Waals surface area contributed by atoms with Gasteiger partial charge in [-0.3, -0.25) is 14.6 Å². The number of ether oxygens (including phenoxy) is 3. The number of fused-ring (bicyclic) bond motifs is 1. The monoisotopic (exact) mass is 612 g/mol. The van der Waals surface area contributed by atoms with Crippen molar-refractivity contribution in [3.63, 3.8) is 0 Å². The summed E-state index contributed by atoms with van der Waals surface area (Å²) in [5.74, 6) is 0.627. The van der Waals surface area contributed by atoms with E-state index in [1.807, 2.05) is 18.2 Å². The number of rotatable bonds is 11. The van der Waals surface area contributed by atoms with Crippen LogP contribution < -0.4 is 14.4 Å². The molecule has 0 atom stereocenters. The van der Waals surface area contributed by atoms with E-state index in [0.717, 1.165) is 33.8 Å². The summed E-state index contributed by atoms with van der Waals surface area (Å²) in [5, 5.41) is 0. The number of benzene rings is 2. The number of Topliss-reactive ketones (excluding diaryl/α,β-unsaturated/α-hetero) is 2. The zero-order valence-electron chi connectivity index (χ0n) is 24.0. The second kappa shape index (κ2) is 13.3. The Morgan fingerprint density at radius 2 is 1.70 bits per heavy atom. The first-order chi connectivity index (χ1) is 21.5. The van der Waals surface area contributed by atoms with E-state index in [2.05, 4.69) is 19.9 Å². The van der Waals surface area contributed by atoms with Gasteiger partial charge in [-0.05, 0) is 29.8 Å². The Morgan fingerprint density at radius 3 is 2.48 bits per heavy atom. The van der Waals surface area contributed by atoms with Gasteiger partial charge >= 0.3 is 0 Å². The highest BCUT2D eigenvalue weighted by Gasteiger charge is 2.18. The van der Waals surface area contributed by atoms with Crippen molar-refractivity contribution in [3.05, 3.63) is 90.1 Å². The number of morpholine rings is 1. The third-order valence-corrected chi connectivity index (χ3v) is 8.37. The van der Waals surface area contributed by atoms with Crippen molar-refractivity contribution in [2.75, 3.05) is 38.3 Å². The summed E-state index contributed by atoms with van der Waals surface area (Å²) in [6.07, 6.45) is 4.97. The van der Waals surface area contributed by atoms with Gasteiger partial charge in [0.1, 0.15) is 23.1 Å². The number of hydrogen-bond donors (Lipinski definition) is 0. The molecule has 1 aliphatic heterocycles. The first kappa shape index (κ1) is 29.3. The van der Waals surface area contributed by atoms with Crippen LogP contribution in [0.15, 0.2) is 73.2 Å². The molecular formula is C33H29FN4O5S. The fraction of sp³-hybridized carbons (Fsp3) is 0.242. The number of carbonyl (C=O) groups is 2. The Bertz CT molecular complexity index is 1800. The number of thiophene rings is 1. The van der Waals surface area contributed by atoms with Crippen LogP contribution in [0.2, 0.25) is 0 Å². The highest BCUT2D eigenvalue weighted by Crippen LogP contribution is 2.39. The van der Waals surface area contributed by atoms with Gasteiger partial charge in [0.2, 0.25) is 5.95 Å². The minimum absolute atomic E-state index is 0.0223. The summed E-state index contributed by atoms with van der Waals surface area (Å²) in [6.45, 7) is 2.82. The molecule has 0 saturated carbocycles. The van der Waals surface area contributed by atoms with Gasteiger partial charge in [-0.2, -0.15) is 0 Å². The maximum absolute atomic E-state index is 15.1. The number of anilines is 1. The number of para-hydroxylation sites is 1. The lowest BCUT2D eigenvalue weighted by atomic mass is 10.0. The maximum atomic E-state index is 15.1. The summed E-state index contributed by atoms with van der Waals surface area (Å²) >= 11 is 1.46. The van der Waals surface area contributed by atoms with Crippen molar-refractivity contribution in [1.82, 2.24) is 15.0 Å². The molecule has 2 aromatic carbocycles. The fourth-order valence-electron chi connectivity index (χ4n) is 5.00. The van der Waals surface area contributed by atoms with Crippen molar-refractivity contribution in [1.29, 1.82) is 0 Å². The molecule has 1 fully saturated rings. The van der Waals surface area contributed by atoms with Gasteiger partial charge in [0, 0.05) is 66.6 Å². The quantitative estimate of drug-likeness (QED) is 0.170. The summed E-state index contributed by atoms with van der Waals surface area (Å²) in [6, 6.07) is 15.2. The lowest BCUT2D eigenvalue weighted by Crippen LogP contribution is -2.37. The van der Waals surface area contributed by atoms with Gasteiger partial charge in [0.25, 0.3) is 0 Å². The molecule has 0 unspecified atom stereocenters. The first-order valence-corrected chi connectivity index (χ1v) is 14.9. The maximum Gasteiger partial charge on any atom is 0.225 e. The van der Waals surface area contributed by atoms with E-state index < -0.39 is 5.82 Å². The number of ketones is 2. The predicted octanol–water partition coefficient (Wildman–Crippen LogP) is 5.84. The third-order valence-electron chi connectivity index (χ3n) is 7.18. The van der Waals surface area contributed by atoms with E-state index in [-0.39, 0.29) is 36.6 Å². The van der Waals surface area contributed by atoms with Gasteiger partial charge in [0.15, 0.2) is 11.6 Å². The zero-order chi connectivity index (χ0) is 30.5. The number of halogens is 1. The molecule has 0 aliphatic carbocycles. The Hall–Kier alpha value is -4.74. The minimum Gasteiger partial charge on any atom is -0.496 e. The zero-order valence-corrected chi connectivity index (χ0v) is 24.8. The number of aromatic nitrogens is 3. The molecule has 44 heavy (non-hydrogen) atoms. The van der Waals surface area contributed by atoms with Crippen molar-refractivity contribution in [3.8, 4) is 27.7 Å². The summed E-state index contributed by atoms with van der Waals surface area (Å²) < 4.78 is 32.5. The molecular weight excluding hydrogens is 583 g/mol. The number of pyridine rings is 1. The number of methoxy groups -OCH3 is 1. The highest BCUT2D eigenvalue weighted by atomic mass is 32.1. The molecule has 4 heterocycles. The lowest BCUT2D eigenvalue weighted by molar-refractivity contribution is -0.126. The third kappa shape index (κ3) is 6.74. The van der Waals surface area contributed by atoms with Crippen LogP contribution in [0.1, 0.15) is 17.5 Å². The topological polar surface area (TPSA) is 104 Å². The van der Waals surface area contributed by atoms with Gasteiger partial charge < -0.3 is 19.1 Å². The standard InChI is InChI=1S/C33H29FN4O5S/c1-41-28-5-3-2-4-22(28)16-25(40)17-24(39)14-21-6-7-29(26(34)15-21)43-30-8-9-35-27-18-31(44-32(27)30)23-19-36-33(37-20-23)38-10-12-42-13-11-38/h2-9,15,18-20H,10-14,16-17H2,1H3. The first-order valence-electron chi connectivity index (χ1n) is 14.1. The average Bonchev–Trinajstić information content (AvgIpc) is 3.48. The molecule has 0 N–H and O–H groups in total. The van der Waals surface area contributed by atoms with Crippen LogP contribution in [0.25, 0.3) is 20.7 Å². The SMILES string of the molecule is COc1ccccc1CC(=O)CC(=O)Cc1ccc(Oc2ccnc3cc(-c4cnc(N5CCOCC5)nc4)sc23)c(F)c1. The average molecular weight is 613 g/mol. The van der Waals surface area contributed by atoms with Gasteiger partial charge in [-0.25, -0.2) is 14.4 Å². The van der Waals surface area contributed by atoms with Crippen LogP contribution in [0.4, 0.5) is 10.3 Å². The molecule has 0 radical (unpaired) electrons. The van der Waals surface area contributed by atoms with E-state index >= 15 is 4.39 Å². The van der Waals surface area contributed by atoms with Crippen molar-refractivity contribution in [2.45, 2.75) is 19.3 Å². The van der Waals surface area contributed by atoms with Crippen LogP contribution >= 0.6 is 11.3 Å². The molecule has 0 bridgehead atoms. The predicted molar refractivity (Wildman–Crippen MR) is 165 cm³/mol.